The van der Waals surface area contributed by atoms with E-state index in [9.17, 15) is 4.79 Å². The van der Waals surface area contributed by atoms with Crippen molar-refractivity contribution in [1.82, 2.24) is 5.32 Å². The van der Waals surface area contributed by atoms with Crippen LogP contribution in [0.3, 0.4) is 0 Å². The second kappa shape index (κ2) is 7.77. The summed E-state index contributed by atoms with van der Waals surface area (Å²) in [6.45, 7) is 4.96. The Kier molecular flexibility index (Phi) is 6.01. The van der Waals surface area contributed by atoms with Gasteiger partial charge in [-0.2, -0.15) is 0 Å². The van der Waals surface area contributed by atoms with Gasteiger partial charge in [-0.15, -0.1) is 0 Å². The number of nitrogens with two attached hydrogens (primary N) is 1. The molecule has 1 aromatic carbocycles. The third-order valence-electron chi connectivity index (χ3n) is 5.01. The van der Waals surface area contributed by atoms with Crippen LogP contribution in [0, 0.1) is 11.3 Å². The van der Waals surface area contributed by atoms with E-state index in [1.165, 1.54) is 12.8 Å². The number of nitrogens with one attached hydrogen (secondary N) is 1. The molecule has 0 heterocycles. The van der Waals surface area contributed by atoms with Crippen LogP contribution in [0.25, 0.3) is 0 Å². The van der Waals surface area contributed by atoms with Gasteiger partial charge in [-0.1, -0.05) is 63.4 Å². The summed E-state index contributed by atoms with van der Waals surface area (Å²) in [6, 6.07) is 9.85. The third-order valence-corrected chi connectivity index (χ3v) is 5.01. The molecule has 1 saturated carbocycles. The van der Waals surface area contributed by atoms with Crippen molar-refractivity contribution < 1.29 is 4.79 Å². The van der Waals surface area contributed by atoms with E-state index in [1.807, 2.05) is 30.3 Å². The Morgan fingerprint density at radius 3 is 2.77 bits per heavy atom. The second-order valence-electron chi connectivity index (χ2n) is 6.96. The smallest absolute Gasteiger partial charge is 0.226 e. The van der Waals surface area contributed by atoms with Crippen molar-refractivity contribution in [2.45, 2.75) is 58.4 Å². The number of amides is 1. The molecule has 0 aliphatic heterocycles. The number of hydrogen-bond acceptors (Lipinski definition) is 2. The predicted molar refractivity (Wildman–Crippen MR) is 91.4 cm³/mol. The van der Waals surface area contributed by atoms with Crippen molar-refractivity contribution in [2.75, 3.05) is 6.54 Å². The van der Waals surface area contributed by atoms with Crippen LogP contribution in [-0.4, -0.2) is 12.5 Å². The van der Waals surface area contributed by atoms with Gasteiger partial charge in [-0.05, 0) is 30.7 Å². The van der Waals surface area contributed by atoms with Crippen molar-refractivity contribution in [3.05, 3.63) is 35.9 Å². The Balaban J connectivity index is 1.96. The third kappa shape index (κ3) is 4.10. The van der Waals surface area contributed by atoms with E-state index < -0.39 is 0 Å². The van der Waals surface area contributed by atoms with Gasteiger partial charge < -0.3 is 11.1 Å². The van der Waals surface area contributed by atoms with Gasteiger partial charge in [0.2, 0.25) is 5.91 Å². The Labute approximate surface area is 134 Å². The predicted octanol–water partition coefficient (Wildman–Crippen LogP) is 3.80. The van der Waals surface area contributed by atoms with Crippen LogP contribution in [-0.2, 0) is 4.79 Å². The number of benzene rings is 1. The molecular weight excluding hydrogens is 272 g/mol. The van der Waals surface area contributed by atoms with Crippen LogP contribution >= 0.6 is 0 Å². The minimum Gasteiger partial charge on any atom is -0.354 e. The molecule has 122 valence electrons. The summed E-state index contributed by atoms with van der Waals surface area (Å²) < 4.78 is 0. The lowest BCUT2D eigenvalue weighted by atomic mass is 9.67. The highest BCUT2D eigenvalue weighted by Crippen LogP contribution is 2.43. The molecule has 0 radical (unpaired) electrons. The van der Waals surface area contributed by atoms with Crippen molar-refractivity contribution >= 4 is 5.91 Å². The van der Waals surface area contributed by atoms with Crippen molar-refractivity contribution in [3.63, 3.8) is 0 Å². The molecule has 0 spiro atoms. The quantitative estimate of drug-likeness (QED) is 0.840. The number of rotatable bonds is 6. The summed E-state index contributed by atoms with van der Waals surface area (Å²) in [5, 5.41) is 3.13. The SMILES string of the molecule is CCCC1(C(=O)NCC(N)c2ccccc2)CCCC(C)C1. The van der Waals surface area contributed by atoms with E-state index in [0.29, 0.717) is 12.5 Å². The van der Waals surface area contributed by atoms with Crippen molar-refractivity contribution in [3.8, 4) is 0 Å². The summed E-state index contributed by atoms with van der Waals surface area (Å²) >= 11 is 0. The molecule has 3 atom stereocenters. The lowest BCUT2D eigenvalue weighted by molar-refractivity contribution is -0.134. The topological polar surface area (TPSA) is 55.1 Å². The first-order valence-corrected chi connectivity index (χ1v) is 8.66. The molecule has 0 saturated heterocycles. The average Bonchev–Trinajstić information content (AvgIpc) is 2.53. The van der Waals surface area contributed by atoms with E-state index >= 15 is 0 Å². The molecule has 1 amide bonds. The maximum atomic E-state index is 12.8. The average molecular weight is 302 g/mol. The summed E-state index contributed by atoms with van der Waals surface area (Å²) in [4.78, 5) is 12.8. The minimum absolute atomic E-state index is 0.134. The highest BCUT2D eigenvalue weighted by Gasteiger charge is 2.40. The Hall–Kier alpha value is -1.35. The molecule has 3 heteroatoms. The molecule has 0 aromatic heterocycles. The number of hydrogen-bond donors (Lipinski definition) is 2. The Morgan fingerprint density at radius 2 is 2.14 bits per heavy atom. The summed E-state index contributed by atoms with van der Waals surface area (Å²) in [7, 11) is 0. The molecule has 0 bridgehead atoms. The van der Waals surface area contributed by atoms with Gasteiger partial charge >= 0.3 is 0 Å². The summed E-state index contributed by atoms with van der Waals surface area (Å²) in [5.41, 5.74) is 7.11. The van der Waals surface area contributed by atoms with E-state index in [-0.39, 0.29) is 17.4 Å². The van der Waals surface area contributed by atoms with Crippen LogP contribution in [0.5, 0.6) is 0 Å². The first kappa shape index (κ1) is 17.0. The standard InChI is InChI=1S/C19H30N2O/c1-3-11-19(12-7-8-15(2)13-19)18(22)21-14-17(20)16-9-5-4-6-10-16/h4-6,9-10,15,17H,3,7-8,11-14,20H2,1-2H3,(H,21,22). The fourth-order valence-corrected chi connectivity index (χ4v) is 3.89. The first-order chi connectivity index (χ1) is 10.6. The van der Waals surface area contributed by atoms with Gasteiger partial charge in [0, 0.05) is 18.0 Å². The van der Waals surface area contributed by atoms with Crippen molar-refractivity contribution in [2.24, 2.45) is 17.1 Å². The zero-order chi connectivity index (χ0) is 16.0. The van der Waals surface area contributed by atoms with Crippen LogP contribution in [0.15, 0.2) is 30.3 Å². The Morgan fingerprint density at radius 1 is 1.41 bits per heavy atom. The monoisotopic (exact) mass is 302 g/mol. The molecule has 3 nitrogen and oxygen atoms in total. The lowest BCUT2D eigenvalue weighted by Gasteiger charge is -2.39. The van der Waals surface area contributed by atoms with Gasteiger partial charge in [-0.25, -0.2) is 0 Å². The van der Waals surface area contributed by atoms with Crippen LogP contribution in [0.1, 0.15) is 64.0 Å². The maximum Gasteiger partial charge on any atom is 0.226 e. The molecule has 3 N–H and O–H groups in total. The van der Waals surface area contributed by atoms with E-state index in [1.54, 1.807) is 0 Å². The van der Waals surface area contributed by atoms with Crippen LogP contribution in [0.4, 0.5) is 0 Å². The fraction of sp³-hybridized carbons (Fsp3) is 0.632. The molecule has 1 aromatic rings. The molecule has 1 aliphatic rings. The van der Waals surface area contributed by atoms with E-state index in [2.05, 4.69) is 19.2 Å². The van der Waals surface area contributed by atoms with Gasteiger partial charge in [-0.3, -0.25) is 4.79 Å². The fourth-order valence-electron chi connectivity index (χ4n) is 3.89. The molecule has 1 aliphatic carbocycles. The van der Waals surface area contributed by atoms with Gasteiger partial charge in [0.25, 0.3) is 0 Å². The zero-order valence-electron chi connectivity index (χ0n) is 14.0. The van der Waals surface area contributed by atoms with Gasteiger partial charge in [0.05, 0.1) is 0 Å². The van der Waals surface area contributed by atoms with E-state index in [4.69, 9.17) is 5.73 Å². The largest absolute Gasteiger partial charge is 0.354 e. The Bertz CT molecular complexity index is 470. The van der Waals surface area contributed by atoms with E-state index in [0.717, 1.165) is 31.2 Å². The van der Waals surface area contributed by atoms with Crippen molar-refractivity contribution in [1.29, 1.82) is 0 Å². The highest BCUT2D eigenvalue weighted by atomic mass is 16.2. The molecule has 2 rings (SSSR count). The van der Waals surface area contributed by atoms with Crippen LogP contribution < -0.4 is 11.1 Å². The van der Waals surface area contributed by atoms with Crippen LogP contribution in [0.2, 0.25) is 0 Å². The molecule has 1 fully saturated rings. The van der Waals surface area contributed by atoms with Gasteiger partial charge in [0.15, 0.2) is 0 Å². The second-order valence-corrected chi connectivity index (χ2v) is 6.96. The number of carbonyl (C=O) groups is 1. The molecule has 22 heavy (non-hydrogen) atoms. The summed E-state index contributed by atoms with van der Waals surface area (Å²) in [5.74, 6) is 0.862. The first-order valence-electron chi connectivity index (χ1n) is 8.66. The summed E-state index contributed by atoms with van der Waals surface area (Å²) in [6.07, 6.45) is 6.51. The maximum absolute atomic E-state index is 12.8. The molecule has 3 unspecified atom stereocenters. The highest BCUT2D eigenvalue weighted by molar-refractivity contribution is 5.82. The number of carbonyl (C=O) groups excluding carboxylic acids is 1. The lowest BCUT2D eigenvalue weighted by Crippen LogP contribution is -2.45. The normalized spacial score (nSPS) is 26.4. The minimum atomic E-state index is -0.164. The van der Waals surface area contributed by atoms with Gasteiger partial charge in [0.1, 0.15) is 0 Å². The molecular formula is C19H30N2O. The zero-order valence-corrected chi connectivity index (χ0v) is 14.0.